The van der Waals surface area contributed by atoms with Gasteiger partial charge in [0.05, 0.1) is 31.3 Å². The number of hydrogen-bond acceptors (Lipinski definition) is 6. The van der Waals surface area contributed by atoms with Gasteiger partial charge in [-0.15, -0.1) is 0 Å². The summed E-state index contributed by atoms with van der Waals surface area (Å²) in [6, 6.07) is 11.9. The molecule has 2 aromatic rings. The monoisotopic (exact) mass is 448 g/mol. The van der Waals surface area contributed by atoms with Crippen molar-refractivity contribution in [3.8, 4) is 11.5 Å². The maximum atomic E-state index is 12.8. The Hall–Kier alpha value is -2.62. The van der Waals surface area contributed by atoms with E-state index in [0.29, 0.717) is 37.6 Å². The molecule has 0 aliphatic carbocycles. The lowest BCUT2D eigenvalue weighted by atomic mass is 10.1. The Labute approximate surface area is 183 Å². The number of methoxy groups -OCH3 is 1. The Morgan fingerprint density at radius 1 is 1.16 bits per heavy atom. The molecule has 1 atom stereocenters. The highest BCUT2D eigenvalue weighted by molar-refractivity contribution is 7.89. The molecule has 1 unspecified atom stereocenters. The molecule has 0 radical (unpaired) electrons. The van der Waals surface area contributed by atoms with Crippen molar-refractivity contribution in [3.63, 3.8) is 0 Å². The van der Waals surface area contributed by atoms with Crippen molar-refractivity contribution in [1.82, 2.24) is 9.62 Å². The molecule has 1 amide bonds. The first-order chi connectivity index (χ1) is 14.8. The van der Waals surface area contributed by atoms with Gasteiger partial charge in [0.25, 0.3) is 5.91 Å². The standard InChI is InChI=1S/C22H28N2O6S/c1-16-14-20(31(26,27)24-10-12-29-13-11-24)8-9-21(16)30-15-22(25)23-17(2)18-4-6-19(28-3)7-5-18/h4-9,14,17H,10-13,15H2,1-3H3,(H,23,25). The van der Waals surface area contributed by atoms with Gasteiger partial charge in [0.15, 0.2) is 6.61 Å². The molecule has 0 saturated carbocycles. The van der Waals surface area contributed by atoms with Crippen LogP contribution in [0.25, 0.3) is 0 Å². The number of rotatable bonds is 8. The molecule has 3 rings (SSSR count). The summed E-state index contributed by atoms with van der Waals surface area (Å²) < 4.78 is 42.9. The summed E-state index contributed by atoms with van der Waals surface area (Å²) >= 11 is 0. The summed E-state index contributed by atoms with van der Waals surface area (Å²) in [6.07, 6.45) is 0. The number of hydrogen-bond donors (Lipinski definition) is 1. The average Bonchev–Trinajstić information content (AvgIpc) is 2.78. The number of nitrogens with one attached hydrogen (secondary N) is 1. The van der Waals surface area contributed by atoms with Crippen molar-refractivity contribution >= 4 is 15.9 Å². The molecule has 8 nitrogen and oxygen atoms in total. The number of sulfonamides is 1. The highest BCUT2D eigenvalue weighted by atomic mass is 32.2. The second kappa shape index (κ2) is 10.1. The lowest BCUT2D eigenvalue weighted by Gasteiger charge is -2.26. The average molecular weight is 449 g/mol. The Bertz CT molecular complexity index is 1000. The molecular formula is C22H28N2O6S. The molecule has 168 valence electrons. The molecule has 1 heterocycles. The van der Waals surface area contributed by atoms with E-state index in [1.54, 1.807) is 26.2 Å². The molecule has 9 heteroatoms. The fourth-order valence-corrected chi connectivity index (χ4v) is 4.78. The molecule has 1 aliphatic rings. The van der Waals surface area contributed by atoms with Gasteiger partial charge >= 0.3 is 0 Å². The van der Waals surface area contributed by atoms with Gasteiger partial charge in [0.1, 0.15) is 11.5 Å². The van der Waals surface area contributed by atoms with E-state index in [1.165, 1.54) is 10.4 Å². The predicted octanol–water partition coefficient (Wildman–Crippen LogP) is 2.28. The van der Waals surface area contributed by atoms with Crippen LogP contribution in [0.2, 0.25) is 0 Å². The van der Waals surface area contributed by atoms with Crippen LogP contribution in [0.4, 0.5) is 0 Å². The van der Waals surface area contributed by atoms with Gasteiger partial charge in [-0.05, 0) is 55.3 Å². The molecule has 2 aromatic carbocycles. The number of benzene rings is 2. The Morgan fingerprint density at radius 2 is 1.84 bits per heavy atom. The van der Waals surface area contributed by atoms with Crippen molar-refractivity contribution in [2.24, 2.45) is 0 Å². The quantitative estimate of drug-likeness (QED) is 0.666. The molecule has 0 spiro atoms. The third-order valence-electron chi connectivity index (χ3n) is 5.11. The van der Waals surface area contributed by atoms with Crippen molar-refractivity contribution in [2.45, 2.75) is 24.8 Å². The minimum atomic E-state index is -3.57. The third-order valence-corrected chi connectivity index (χ3v) is 7.00. The van der Waals surface area contributed by atoms with Crippen LogP contribution in [-0.4, -0.2) is 58.7 Å². The zero-order valence-corrected chi connectivity index (χ0v) is 18.8. The van der Waals surface area contributed by atoms with Crippen molar-refractivity contribution in [2.75, 3.05) is 40.0 Å². The molecular weight excluding hydrogens is 420 g/mol. The molecule has 0 aromatic heterocycles. The van der Waals surface area contributed by atoms with Crippen molar-refractivity contribution in [3.05, 3.63) is 53.6 Å². The summed E-state index contributed by atoms with van der Waals surface area (Å²) in [5.74, 6) is 0.945. The summed E-state index contributed by atoms with van der Waals surface area (Å²) in [5, 5.41) is 2.88. The minimum Gasteiger partial charge on any atom is -0.497 e. The number of ether oxygens (including phenoxy) is 3. The first-order valence-corrected chi connectivity index (χ1v) is 11.5. The van der Waals surface area contributed by atoms with Crippen LogP contribution in [0.3, 0.4) is 0 Å². The maximum Gasteiger partial charge on any atom is 0.258 e. The molecule has 1 saturated heterocycles. The number of carbonyl (C=O) groups excluding carboxylic acids is 1. The first-order valence-electron chi connectivity index (χ1n) is 10.1. The van der Waals surface area contributed by atoms with Gasteiger partial charge in [-0.3, -0.25) is 4.79 Å². The Kier molecular flexibility index (Phi) is 7.53. The summed E-state index contributed by atoms with van der Waals surface area (Å²) in [6.45, 7) is 4.93. The lowest BCUT2D eigenvalue weighted by molar-refractivity contribution is -0.123. The minimum absolute atomic E-state index is 0.170. The number of morpholine rings is 1. The molecule has 0 bridgehead atoms. The highest BCUT2D eigenvalue weighted by Gasteiger charge is 2.26. The number of aryl methyl sites for hydroxylation is 1. The van der Waals surface area contributed by atoms with Crippen LogP contribution in [0.1, 0.15) is 24.1 Å². The van der Waals surface area contributed by atoms with E-state index in [4.69, 9.17) is 14.2 Å². The SMILES string of the molecule is COc1ccc(C(C)NC(=O)COc2ccc(S(=O)(=O)N3CCOCC3)cc2C)cc1. The van der Waals surface area contributed by atoms with Gasteiger partial charge in [0, 0.05) is 13.1 Å². The van der Waals surface area contributed by atoms with Crippen LogP contribution in [0, 0.1) is 6.92 Å². The first kappa shape index (κ1) is 23.1. The summed E-state index contributed by atoms with van der Waals surface area (Å²) in [5.41, 5.74) is 1.59. The number of carbonyl (C=O) groups is 1. The molecule has 31 heavy (non-hydrogen) atoms. The number of nitrogens with zero attached hydrogens (tertiary/aromatic N) is 1. The lowest BCUT2D eigenvalue weighted by Crippen LogP contribution is -2.40. The van der Waals surface area contributed by atoms with Crippen LogP contribution >= 0.6 is 0 Å². The smallest absolute Gasteiger partial charge is 0.258 e. The second-order valence-corrected chi connectivity index (χ2v) is 9.23. The van der Waals surface area contributed by atoms with E-state index in [1.807, 2.05) is 31.2 Å². The predicted molar refractivity (Wildman–Crippen MR) is 116 cm³/mol. The van der Waals surface area contributed by atoms with Gasteiger partial charge in [-0.1, -0.05) is 12.1 Å². The van der Waals surface area contributed by atoms with E-state index in [-0.39, 0.29) is 23.5 Å². The maximum absolute atomic E-state index is 12.8. The summed E-state index contributed by atoms with van der Waals surface area (Å²) in [4.78, 5) is 12.5. The van der Waals surface area contributed by atoms with E-state index in [0.717, 1.165) is 11.3 Å². The zero-order valence-electron chi connectivity index (χ0n) is 18.0. The Morgan fingerprint density at radius 3 is 2.45 bits per heavy atom. The van der Waals surface area contributed by atoms with Gasteiger partial charge < -0.3 is 19.5 Å². The molecule has 1 N–H and O–H groups in total. The van der Waals surface area contributed by atoms with Gasteiger partial charge in [-0.2, -0.15) is 4.31 Å². The van der Waals surface area contributed by atoms with Crippen LogP contribution in [0.15, 0.2) is 47.4 Å². The van der Waals surface area contributed by atoms with Crippen LogP contribution < -0.4 is 14.8 Å². The fourth-order valence-electron chi connectivity index (χ4n) is 3.28. The van der Waals surface area contributed by atoms with Gasteiger partial charge in [-0.25, -0.2) is 8.42 Å². The number of amides is 1. The largest absolute Gasteiger partial charge is 0.497 e. The van der Waals surface area contributed by atoms with Crippen molar-refractivity contribution in [1.29, 1.82) is 0 Å². The van der Waals surface area contributed by atoms with E-state index in [9.17, 15) is 13.2 Å². The third kappa shape index (κ3) is 5.75. The van der Waals surface area contributed by atoms with E-state index < -0.39 is 10.0 Å². The van der Waals surface area contributed by atoms with Crippen molar-refractivity contribution < 1.29 is 27.4 Å². The van der Waals surface area contributed by atoms with E-state index in [2.05, 4.69) is 5.32 Å². The Balaban J connectivity index is 1.58. The fraction of sp³-hybridized carbons (Fsp3) is 0.409. The summed E-state index contributed by atoms with van der Waals surface area (Å²) in [7, 11) is -1.97. The topological polar surface area (TPSA) is 94.2 Å². The highest BCUT2D eigenvalue weighted by Crippen LogP contribution is 2.25. The van der Waals surface area contributed by atoms with Crippen LogP contribution in [0.5, 0.6) is 11.5 Å². The van der Waals surface area contributed by atoms with Gasteiger partial charge in [0.2, 0.25) is 10.0 Å². The normalized spacial score (nSPS) is 15.8. The molecule has 1 fully saturated rings. The zero-order chi connectivity index (χ0) is 22.4. The van der Waals surface area contributed by atoms with E-state index >= 15 is 0 Å². The second-order valence-electron chi connectivity index (χ2n) is 7.29. The molecule has 1 aliphatic heterocycles. The van der Waals surface area contributed by atoms with Crippen LogP contribution in [-0.2, 0) is 19.6 Å².